The number of benzene rings is 1. The quantitative estimate of drug-likeness (QED) is 0.535. The zero-order valence-corrected chi connectivity index (χ0v) is 14.8. The Morgan fingerprint density at radius 1 is 1.42 bits per heavy atom. The second-order valence-corrected chi connectivity index (χ2v) is 6.34. The molecule has 0 spiro atoms. The van der Waals surface area contributed by atoms with E-state index in [9.17, 15) is 19.8 Å². The number of hydrogen-bond donors (Lipinski definition) is 2. The topological polar surface area (TPSA) is 114 Å². The van der Waals surface area contributed by atoms with Crippen LogP contribution in [0.1, 0.15) is 27.7 Å². The Morgan fingerprint density at radius 3 is 2.88 bits per heavy atom. The van der Waals surface area contributed by atoms with Crippen LogP contribution in [0, 0.1) is 6.92 Å². The van der Waals surface area contributed by atoms with Crippen molar-refractivity contribution in [2.75, 3.05) is 6.61 Å². The minimum Gasteiger partial charge on any atom is -0.508 e. The average molecular weight is 373 g/mol. The summed E-state index contributed by atoms with van der Waals surface area (Å²) in [5.74, 6) is -0.746. The van der Waals surface area contributed by atoms with Gasteiger partial charge in [0.15, 0.2) is 0 Å². The molecule has 0 unspecified atom stereocenters. The number of phenolic OH excluding ortho intramolecular Hbond substituents is 2. The Kier molecular flexibility index (Phi) is 4.72. The number of aromatic hydroxyl groups is 2. The van der Waals surface area contributed by atoms with E-state index in [2.05, 4.69) is 10.1 Å². The molecule has 1 aromatic carbocycles. The Balaban J connectivity index is 2.04. The van der Waals surface area contributed by atoms with Gasteiger partial charge in [-0.05, 0) is 31.5 Å². The van der Waals surface area contributed by atoms with Crippen LogP contribution in [0.3, 0.4) is 0 Å². The summed E-state index contributed by atoms with van der Waals surface area (Å²) in [4.78, 5) is 29.6. The average Bonchev–Trinajstić information content (AvgIpc) is 2.93. The van der Waals surface area contributed by atoms with Gasteiger partial charge in [0.25, 0.3) is 5.56 Å². The monoisotopic (exact) mass is 373 g/mol. The van der Waals surface area contributed by atoms with Crippen molar-refractivity contribution in [1.29, 1.82) is 0 Å². The predicted molar refractivity (Wildman–Crippen MR) is 97.3 cm³/mol. The highest BCUT2D eigenvalue weighted by atomic mass is 32.1. The lowest BCUT2D eigenvalue weighted by Crippen LogP contribution is -2.17. The number of aryl methyl sites for hydroxylation is 1. The van der Waals surface area contributed by atoms with Crippen molar-refractivity contribution in [2.24, 2.45) is 5.10 Å². The smallest absolute Gasteiger partial charge is 0.348 e. The Morgan fingerprint density at radius 2 is 2.19 bits per heavy atom. The molecule has 2 N–H and O–H groups in total. The molecule has 0 amide bonds. The summed E-state index contributed by atoms with van der Waals surface area (Å²) in [6.45, 7) is 3.61. The molecule has 0 fully saturated rings. The van der Waals surface area contributed by atoms with Crippen molar-refractivity contribution >= 4 is 33.7 Å². The Labute approximate surface area is 151 Å². The fraction of sp³-hybridized carbons (Fsp3) is 0.176. The maximum absolute atomic E-state index is 12.7. The molecule has 0 aliphatic heterocycles. The molecule has 134 valence electrons. The van der Waals surface area contributed by atoms with E-state index in [4.69, 9.17) is 4.74 Å². The molecule has 9 heteroatoms. The zero-order chi connectivity index (χ0) is 18.8. The van der Waals surface area contributed by atoms with Crippen LogP contribution in [0.25, 0.3) is 10.2 Å². The van der Waals surface area contributed by atoms with E-state index in [-0.39, 0.29) is 18.1 Å². The van der Waals surface area contributed by atoms with Gasteiger partial charge in [-0.1, -0.05) is 0 Å². The lowest BCUT2D eigenvalue weighted by atomic mass is 10.2. The third-order valence-electron chi connectivity index (χ3n) is 3.63. The highest BCUT2D eigenvalue weighted by Crippen LogP contribution is 2.27. The van der Waals surface area contributed by atoms with Crippen molar-refractivity contribution in [1.82, 2.24) is 9.66 Å². The van der Waals surface area contributed by atoms with Gasteiger partial charge >= 0.3 is 5.97 Å². The van der Waals surface area contributed by atoms with Gasteiger partial charge in [-0.2, -0.15) is 9.78 Å². The van der Waals surface area contributed by atoms with Crippen molar-refractivity contribution in [3.05, 3.63) is 50.9 Å². The molecule has 0 saturated carbocycles. The number of ether oxygens (including phenoxy) is 1. The van der Waals surface area contributed by atoms with Crippen LogP contribution in [-0.2, 0) is 4.74 Å². The molecular weight excluding hydrogens is 358 g/mol. The molecule has 0 saturated heterocycles. The number of rotatable bonds is 4. The van der Waals surface area contributed by atoms with Gasteiger partial charge in [0, 0.05) is 11.6 Å². The number of phenols is 2. The Hall–Kier alpha value is -3.20. The molecule has 2 aromatic heterocycles. The standard InChI is InChI=1S/C17H15N3O5S/c1-3-25-17(24)14-9(2)13-15(26-14)18-8-20(16(13)23)19-7-10-4-5-11(21)6-12(10)22/h4-8,21-22H,3H2,1-2H3. The summed E-state index contributed by atoms with van der Waals surface area (Å²) < 4.78 is 6.01. The summed E-state index contributed by atoms with van der Waals surface area (Å²) >= 11 is 1.09. The summed E-state index contributed by atoms with van der Waals surface area (Å²) in [5.41, 5.74) is 0.385. The summed E-state index contributed by atoms with van der Waals surface area (Å²) in [5, 5.41) is 23.4. The minimum absolute atomic E-state index is 0.0831. The van der Waals surface area contributed by atoms with Crippen LogP contribution in [0.2, 0.25) is 0 Å². The molecule has 8 nitrogen and oxygen atoms in total. The maximum Gasteiger partial charge on any atom is 0.348 e. The molecule has 0 aliphatic carbocycles. The fourth-order valence-electron chi connectivity index (χ4n) is 2.35. The van der Waals surface area contributed by atoms with E-state index in [1.54, 1.807) is 13.8 Å². The molecule has 0 radical (unpaired) electrons. The third-order valence-corrected chi connectivity index (χ3v) is 4.81. The summed E-state index contributed by atoms with van der Waals surface area (Å²) in [6.07, 6.45) is 2.52. The van der Waals surface area contributed by atoms with Gasteiger partial charge in [0.1, 0.15) is 27.5 Å². The maximum atomic E-state index is 12.7. The van der Waals surface area contributed by atoms with Crippen LogP contribution in [-0.4, -0.2) is 38.7 Å². The molecule has 0 bridgehead atoms. The number of esters is 1. The fourth-order valence-corrected chi connectivity index (χ4v) is 3.39. The van der Waals surface area contributed by atoms with Gasteiger partial charge in [-0.25, -0.2) is 9.78 Å². The number of carbonyl (C=O) groups is 1. The number of thiophene rings is 1. The molecule has 26 heavy (non-hydrogen) atoms. The lowest BCUT2D eigenvalue weighted by molar-refractivity contribution is 0.0531. The van der Waals surface area contributed by atoms with E-state index < -0.39 is 11.5 Å². The van der Waals surface area contributed by atoms with Gasteiger partial charge in [-0.15, -0.1) is 11.3 Å². The normalized spacial score (nSPS) is 11.3. The number of carbonyl (C=O) groups excluding carboxylic acids is 1. The second kappa shape index (κ2) is 6.96. The predicted octanol–water partition coefficient (Wildman–Crippen LogP) is 2.24. The summed E-state index contributed by atoms with van der Waals surface area (Å²) in [6, 6.07) is 4.01. The van der Waals surface area contributed by atoms with Crippen LogP contribution in [0.4, 0.5) is 0 Å². The van der Waals surface area contributed by atoms with Crippen molar-refractivity contribution in [2.45, 2.75) is 13.8 Å². The highest BCUT2D eigenvalue weighted by Gasteiger charge is 2.20. The minimum atomic E-state index is -0.489. The lowest BCUT2D eigenvalue weighted by Gasteiger charge is -2.01. The van der Waals surface area contributed by atoms with Crippen molar-refractivity contribution in [3.63, 3.8) is 0 Å². The first-order valence-electron chi connectivity index (χ1n) is 7.66. The molecule has 3 rings (SSSR count). The Bertz CT molecular complexity index is 1080. The first-order chi connectivity index (χ1) is 12.4. The van der Waals surface area contributed by atoms with E-state index >= 15 is 0 Å². The molecule has 3 aromatic rings. The van der Waals surface area contributed by atoms with E-state index in [0.717, 1.165) is 16.0 Å². The van der Waals surface area contributed by atoms with Gasteiger partial charge < -0.3 is 14.9 Å². The number of aromatic nitrogens is 2. The molecule has 0 aliphatic rings. The van der Waals surface area contributed by atoms with Crippen molar-refractivity contribution < 1.29 is 19.7 Å². The first-order valence-corrected chi connectivity index (χ1v) is 8.48. The van der Waals surface area contributed by atoms with E-state index in [0.29, 0.717) is 26.2 Å². The van der Waals surface area contributed by atoms with E-state index in [1.165, 1.54) is 30.7 Å². The van der Waals surface area contributed by atoms with Gasteiger partial charge in [-0.3, -0.25) is 4.79 Å². The number of hydrogen-bond acceptors (Lipinski definition) is 8. The second-order valence-electron chi connectivity index (χ2n) is 5.34. The zero-order valence-electron chi connectivity index (χ0n) is 14.0. The SMILES string of the molecule is CCOC(=O)c1sc2ncn(N=Cc3ccc(O)cc3O)c(=O)c2c1C. The van der Waals surface area contributed by atoms with Crippen molar-refractivity contribution in [3.8, 4) is 11.5 Å². The molecule has 0 atom stereocenters. The van der Waals surface area contributed by atoms with Gasteiger partial charge in [0.2, 0.25) is 0 Å². The third kappa shape index (κ3) is 3.16. The van der Waals surface area contributed by atoms with Crippen LogP contribution in [0.15, 0.2) is 34.4 Å². The first kappa shape index (κ1) is 17.6. The van der Waals surface area contributed by atoms with Gasteiger partial charge in [0.05, 0.1) is 18.2 Å². The van der Waals surface area contributed by atoms with Crippen LogP contribution in [0.5, 0.6) is 11.5 Å². The number of nitrogens with zero attached hydrogens (tertiary/aromatic N) is 3. The molecular formula is C17H15N3O5S. The van der Waals surface area contributed by atoms with E-state index in [1.807, 2.05) is 0 Å². The number of fused-ring (bicyclic) bond motifs is 1. The summed E-state index contributed by atoms with van der Waals surface area (Å²) in [7, 11) is 0. The molecule has 2 heterocycles. The largest absolute Gasteiger partial charge is 0.508 e. The van der Waals surface area contributed by atoms with Crippen LogP contribution >= 0.6 is 11.3 Å². The highest BCUT2D eigenvalue weighted by molar-refractivity contribution is 7.20. The van der Waals surface area contributed by atoms with Crippen LogP contribution < -0.4 is 5.56 Å².